The molecule has 1 amide bonds. The summed E-state index contributed by atoms with van der Waals surface area (Å²) in [6.45, 7) is 8.18. The average Bonchev–Trinajstić information content (AvgIpc) is 2.63. The van der Waals surface area contributed by atoms with Crippen molar-refractivity contribution >= 4 is 5.91 Å². The molecule has 1 aromatic carbocycles. The van der Waals surface area contributed by atoms with Gasteiger partial charge in [-0.15, -0.1) is 0 Å². The molecule has 2 N–H and O–H groups in total. The highest BCUT2D eigenvalue weighted by Crippen LogP contribution is 2.18. The molecule has 0 aliphatic carbocycles. The molecule has 5 heteroatoms. The molecule has 0 bridgehead atoms. The number of likely N-dealkylation sites (tertiary alicyclic amines) is 1. The van der Waals surface area contributed by atoms with Crippen molar-refractivity contribution in [3.8, 4) is 0 Å². The largest absolute Gasteiger partial charge is 0.378 e. The van der Waals surface area contributed by atoms with Gasteiger partial charge in [-0.3, -0.25) is 9.69 Å². The summed E-state index contributed by atoms with van der Waals surface area (Å²) in [7, 11) is 0. The molecule has 5 nitrogen and oxygen atoms in total. The van der Waals surface area contributed by atoms with E-state index in [1.165, 1.54) is 31.5 Å². The maximum atomic E-state index is 12.1. The van der Waals surface area contributed by atoms with Crippen molar-refractivity contribution in [2.75, 3.05) is 32.8 Å². The van der Waals surface area contributed by atoms with E-state index < -0.39 is 0 Å². The summed E-state index contributed by atoms with van der Waals surface area (Å²) in [4.78, 5) is 14.7. The zero-order chi connectivity index (χ0) is 16.8. The lowest BCUT2D eigenvalue weighted by Crippen LogP contribution is -2.51. The Morgan fingerprint density at radius 2 is 2.12 bits per heavy atom. The van der Waals surface area contributed by atoms with Crippen LogP contribution in [0.5, 0.6) is 0 Å². The highest BCUT2D eigenvalue weighted by molar-refractivity contribution is 5.81. The summed E-state index contributed by atoms with van der Waals surface area (Å²) < 4.78 is 5.34. The fraction of sp³-hybridized carbons (Fsp3) is 0.632. The Kier molecular flexibility index (Phi) is 6.24. The molecule has 0 spiro atoms. The van der Waals surface area contributed by atoms with E-state index in [9.17, 15) is 4.79 Å². The standard InChI is InChI=1S/C19H29N3O2/c1-15-5-8-22(9-6-15)13-17-4-2-3-16(11-17)12-21-19(23)18-14-24-10-7-20-18/h2-4,11,15,18,20H,5-10,12-14H2,1H3,(H,21,23). The first-order chi connectivity index (χ1) is 11.7. The van der Waals surface area contributed by atoms with E-state index in [0.29, 0.717) is 19.8 Å². The van der Waals surface area contributed by atoms with E-state index >= 15 is 0 Å². The van der Waals surface area contributed by atoms with Crippen LogP contribution in [0.2, 0.25) is 0 Å². The highest BCUT2D eigenvalue weighted by atomic mass is 16.5. The van der Waals surface area contributed by atoms with Gasteiger partial charge >= 0.3 is 0 Å². The number of amides is 1. The lowest BCUT2D eigenvalue weighted by atomic mass is 9.98. The lowest BCUT2D eigenvalue weighted by Gasteiger charge is -2.30. The minimum Gasteiger partial charge on any atom is -0.378 e. The van der Waals surface area contributed by atoms with Crippen LogP contribution < -0.4 is 10.6 Å². The second-order valence-electron chi connectivity index (χ2n) is 7.08. The number of hydrogen-bond donors (Lipinski definition) is 2. The summed E-state index contributed by atoms with van der Waals surface area (Å²) in [6, 6.07) is 8.33. The van der Waals surface area contributed by atoms with Crippen LogP contribution in [0.25, 0.3) is 0 Å². The number of nitrogens with zero attached hydrogens (tertiary/aromatic N) is 1. The number of carbonyl (C=O) groups is 1. The quantitative estimate of drug-likeness (QED) is 0.859. The fourth-order valence-electron chi connectivity index (χ4n) is 3.36. The Bertz CT molecular complexity index is 535. The maximum absolute atomic E-state index is 12.1. The molecule has 2 aliphatic rings. The van der Waals surface area contributed by atoms with Gasteiger partial charge in [-0.1, -0.05) is 31.2 Å². The van der Waals surface area contributed by atoms with Gasteiger partial charge in [0, 0.05) is 19.6 Å². The number of piperidine rings is 1. The zero-order valence-electron chi connectivity index (χ0n) is 14.6. The fourth-order valence-corrected chi connectivity index (χ4v) is 3.36. The molecular weight excluding hydrogens is 302 g/mol. The van der Waals surface area contributed by atoms with Crippen molar-refractivity contribution in [3.63, 3.8) is 0 Å². The van der Waals surface area contributed by atoms with Crippen molar-refractivity contribution in [1.82, 2.24) is 15.5 Å². The molecular formula is C19H29N3O2. The monoisotopic (exact) mass is 331 g/mol. The average molecular weight is 331 g/mol. The Hall–Kier alpha value is -1.43. The second-order valence-corrected chi connectivity index (χ2v) is 7.08. The molecule has 2 saturated heterocycles. The number of carbonyl (C=O) groups excluding carboxylic acids is 1. The van der Waals surface area contributed by atoms with Crippen LogP contribution in [0.3, 0.4) is 0 Å². The third-order valence-electron chi connectivity index (χ3n) is 4.98. The first kappa shape index (κ1) is 17.4. The van der Waals surface area contributed by atoms with Gasteiger partial charge in [-0.25, -0.2) is 0 Å². The summed E-state index contributed by atoms with van der Waals surface area (Å²) in [5, 5.41) is 6.19. The first-order valence-electron chi connectivity index (χ1n) is 9.10. The Labute approximate surface area is 144 Å². The predicted octanol–water partition coefficient (Wildman–Crippen LogP) is 1.52. The van der Waals surface area contributed by atoms with E-state index in [0.717, 1.165) is 24.6 Å². The van der Waals surface area contributed by atoms with Gasteiger partial charge in [-0.2, -0.15) is 0 Å². The van der Waals surface area contributed by atoms with E-state index in [-0.39, 0.29) is 11.9 Å². The van der Waals surface area contributed by atoms with Crippen molar-refractivity contribution < 1.29 is 9.53 Å². The van der Waals surface area contributed by atoms with Gasteiger partial charge in [0.1, 0.15) is 6.04 Å². The number of hydrogen-bond acceptors (Lipinski definition) is 4. The van der Waals surface area contributed by atoms with E-state index in [1.54, 1.807) is 0 Å². The van der Waals surface area contributed by atoms with E-state index in [4.69, 9.17) is 4.74 Å². The Morgan fingerprint density at radius 1 is 1.33 bits per heavy atom. The van der Waals surface area contributed by atoms with Crippen molar-refractivity contribution in [2.24, 2.45) is 5.92 Å². The van der Waals surface area contributed by atoms with E-state index in [2.05, 4.69) is 46.7 Å². The Balaban J connectivity index is 1.48. The molecule has 1 atom stereocenters. The van der Waals surface area contributed by atoms with Crippen LogP contribution in [-0.2, 0) is 22.6 Å². The summed E-state index contributed by atoms with van der Waals surface area (Å²) in [5.74, 6) is 0.880. The Morgan fingerprint density at radius 3 is 2.88 bits per heavy atom. The minimum absolute atomic E-state index is 0.0186. The summed E-state index contributed by atoms with van der Waals surface area (Å²) >= 11 is 0. The predicted molar refractivity (Wildman–Crippen MR) is 94.6 cm³/mol. The lowest BCUT2D eigenvalue weighted by molar-refractivity contribution is -0.126. The van der Waals surface area contributed by atoms with Crippen LogP contribution in [0.1, 0.15) is 30.9 Å². The van der Waals surface area contributed by atoms with Crippen molar-refractivity contribution in [2.45, 2.75) is 38.9 Å². The molecule has 0 saturated carbocycles. The van der Waals surface area contributed by atoms with Crippen molar-refractivity contribution in [3.05, 3.63) is 35.4 Å². The smallest absolute Gasteiger partial charge is 0.239 e. The van der Waals surface area contributed by atoms with Crippen LogP contribution in [0, 0.1) is 5.92 Å². The van der Waals surface area contributed by atoms with Crippen LogP contribution in [-0.4, -0.2) is 49.7 Å². The molecule has 1 unspecified atom stereocenters. The van der Waals surface area contributed by atoms with Gasteiger partial charge in [0.2, 0.25) is 5.91 Å². The SMILES string of the molecule is CC1CCN(Cc2cccc(CNC(=O)C3COCCN3)c2)CC1. The summed E-state index contributed by atoms with van der Waals surface area (Å²) in [6.07, 6.45) is 2.60. The van der Waals surface area contributed by atoms with Crippen LogP contribution in [0.4, 0.5) is 0 Å². The van der Waals surface area contributed by atoms with E-state index in [1.807, 2.05) is 0 Å². The maximum Gasteiger partial charge on any atom is 0.239 e. The molecule has 0 radical (unpaired) electrons. The number of ether oxygens (including phenoxy) is 1. The minimum atomic E-state index is -0.225. The zero-order valence-corrected chi connectivity index (χ0v) is 14.6. The number of benzene rings is 1. The summed E-state index contributed by atoms with van der Waals surface area (Å²) in [5.41, 5.74) is 2.48. The molecule has 2 fully saturated rings. The van der Waals surface area contributed by atoms with Gasteiger partial charge in [0.25, 0.3) is 0 Å². The highest BCUT2D eigenvalue weighted by Gasteiger charge is 2.20. The third kappa shape index (κ3) is 5.03. The molecule has 1 aromatic rings. The first-order valence-corrected chi connectivity index (χ1v) is 9.10. The van der Waals surface area contributed by atoms with Crippen LogP contribution >= 0.6 is 0 Å². The van der Waals surface area contributed by atoms with Gasteiger partial charge in [0.15, 0.2) is 0 Å². The van der Waals surface area contributed by atoms with Gasteiger partial charge in [0.05, 0.1) is 13.2 Å². The van der Waals surface area contributed by atoms with Crippen LogP contribution in [0.15, 0.2) is 24.3 Å². The second kappa shape index (κ2) is 8.60. The number of morpholine rings is 1. The molecule has 3 rings (SSSR count). The number of rotatable bonds is 5. The van der Waals surface area contributed by atoms with Gasteiger partial charge < -0.3 is 15.4 Å². The molecule has 2 heterocycles. The van der Waals surface area contributed by atoms with Gasteiger partial charge in [-0.05, 0) is 43.0 Å². The number of nitrogens with one attached hydrogen (secondary N) is 2. The molecule has 2 aliphatic heterocycles. The third-order valence-corrected chi connectivity index (χ3v) is 4.98. The molecule has 132 valence electrons. The topological polar surface area (TPSA) is 53.6 Å². The molecule has 0 aromatic heterocycles. The normalized spacial score (nSPS) is 23.1. The van der Waals surface area contributed by atoms with Crippen molar-refractivity contribution in [1.29, 1.82) is 0 Å². The molecule has 24 heavy (non-hydrogen) atoms.